The number of nitriles is 2. The minimum Gasteiger partial charge on any atom is -0.495 e. The number of nitrogens with zero attached hydrogens (tertiary/aromatic N) is 2. The van der Waals surface area contributed by atoms with E-state index in [0.717, 1.165) is 10.3 Å². The third-order valence-electron chi connectivity index (χ3n) is 3.45. The summed E-state index contributed by atoms with van der Waals surface area (Å²) in [5.41, 5.74) is 1.22. The van der Waals surface area contributed by atoms with Gasteiger partial charge in [0, 0.05) is 4.88 Å². The molecule has 0 aliphatic rings. The quantitative estimate of drug-likeness (QED) is 0.404. The zero-order valence-corrected chi connectivity index (χ0v) is 19.9. The number of carbonyl (C=O) groups is 1. The first kappa shape index (κ1) is 28.7. The molecule has 0 radical (unpaired) electrons. The summed E-state index contributed by atoms with van der Waals surface area (Å²) in [6.07, 6.45) is 0.250. The van der Waals surface area contributed by atoms with E-state index < -0.39 is 0 Å². The van der Waals surface area contributed by atoms with E-state index in [-0.39, 0.29) is 17.9 Å². The van der Waals surface area contributed by atoms with Crippen LogP contribution in [-0.2, 0) is 19.1 Å². The number of halogens is 1. The molecule has 1 heterocycles. The van der Waals surface area contributed by atoms with Crippen LogP contribution in [0.15, 0.2) is 42.5 Å². The number of benzene rings is 2. The summed E-state index contributed by atoms with van der Waals surface area (Å²) >= 11 is 11.1. The highest BCUT2D eigenvalue weighted by molar-refractivity contribution is 7.81. The highest BCUT2D eigenvalue weighted by Crippen LogP contribution is 2.28. The number of rotatable bonds is 2. The van der Waals surface area contributed by atoms with Crippen molar-refractivity contribution in [1.82, 2.24) is 0 Å². The lowest BCUT2D eigenvalue weighted by Crippen LogP contribution is -1.99. The molecule has 32 heavy (non-hydrogen) atoms. The van der Waals surface area contributed by atoms with Crippen LogP contribution >= 0.6 is 35.6 Å². The number of hydrogen-bond acceptors (Lipinski definition) is 9. The molecule has 0 unspecified atom stereocenters. The lowest BCUT2D eigenvalue weighted by Gasteiger charge is -2.01. The monoisotopic (exact) mass is 490 g/mol. The van der Waals surface area contributed by atoms with E-state index in [1.54, 1.807) is 29.5 Å². The predicted octanol–water partition coefficient (Wildman–Crippen LogP) is 4.81. The van der Waals surface area contributed by atoms with E-state index >= 15 is 0 Å². The largest absolute Gasteiger partial charge is 0.495 e. The molecule has 0 amide bonds. The van der Waals surface area contributed by atoms with Crippen LogP contribution in [0.1, 0.15) is 16.0 Å². The van der Waals surface area contributed by atoms with Gasteiger partial charge < -0.3 is 9.47 Å². The predicted molar refractivity (Wildman–Crippen MR) is 125 cm³/mol. The standard InChI is InChI=1S/C10H7NS.C8H6ClNO.C3H6O2S.CO2/c1-7-5-8-3-2-4-9(6-11)10(8)12-7;1-11-7-4-2-3-6(5-10)8(7)9;1-5-3(4)2-6;2-1-3/h2-5H,1H3;2-4H,1H3;6H,2H2,1H3;. The summed E-state index contributed by atoms with van der Waals surface area (Å²) in [6, 6.07) is 17.2. The Bertz CT molecular complexity index is 1140. The number of aryl methyl sites for hydroxylation is 1. The Hall–Kier alpha value is -3.33. The van der Waals surface area contributed by atoms with Gasteiger partial charge in [0.1, 0.15) is 22.9 Å². The molecule has 0 bridgehead atoms. The van der Waals surface area contributed by atoms with Gasteiger partial charge in [-0.25, -0.2) is 0 Å². The molecular formula is C22H19ClN2O5S2. The second-order valence-electron chi connectivity index (χ2n) is 5.44. The molecule has 0 spiro atoms. The van der Waals surface area contributed by atoms with Crippen molar-refractivity contribution < 1.29 is 23.9 Å². The maximum Gasteiger partial charge on any atom is 0.373 e. The smallest absolute Gasteiger partial charge is 0.373 e. The van der Waals surface area contributed by atoms with Gasteiger partial charge in [0.05, 0.1) is 35.8 Å². The van der Waals surface area contributed by atoms with Crippen LogP contribution in [0.4, 0.5) is 0 Å². The highest BCUT2D eigenvalue weighted by atomic mass is 35.5. The van der Waals surface area contributed by atoms with E-state index in [0.29, 0.717) is 16.3 Å². The second kappa shape index (κ2) is 16.4. The fourth-order valence-electron chi connectivity index (χ4n) is 2.10. The van der Waals surface area contributed by atoms with Crippen LogP contribution in [0.3, 0.4) is 0 Å². The minimum absolute atomic E-state index is 0.163. The van der Waals surface area contributed by atoms with E-state index in [1.807, 2.05) is 24.3 Å². The molecule has 2 aromatic carbocycles. The van der Waals surface area contributed by atoms with Crippen molar-refractivity contribution >= 4 is 57.8 Å². The Morgan fingerprint density at radius 2 is 1.66 bits per heavy atom. The number of hydrogen-bond donors (Lipinski definition) is 1. The Balaban J connectivity index is 0.000000445. The van der Waals surface area contributed by atoms with Crippen molar-refractivity contribution in [1.29, 1.82) is 10.5 Å². The Labute approximate surface area is 200 Å². The van der Waals surface area contributed by atoms with Crippen LogP contribution in [0.2, 0.25) is 5.02 Å². The molecule has 10 heteroatoms. The van der Waals surface area contributed by atoms with Crippen LogP contribution in [0, 0.1) is 29.6 Å². The Kier molecular flexibility index (Phi) is 14.7. The molecule has 3 rings (SSSR count). The molecule has 3 aromatic rings. The SMILES string of the molecule is COC(=O)CS.COc1cccc(C#N)c1Cl.Cc1cc2cccc(C#N)c2s1.O=C=O. The molecule has 0 saturated heterocycles. The molecular weight excluding hydrogens is 472 g/mol. The summed E-state index contributed by atoms with van der Waals surface area (Å²) in [5.74, 6) is 0.403. The molecule has 0 aliphatic heterocycles. The van der Waals surface area contributed by atoms with Crippen molar-refractivity contribution in [3.63, 3.8) is 0 Å². The number of ether oxygens (including phenoxy) is 2. The number of methoxy groups -OCH3 is 2. The molecule has 166 valence electrons. The van der Waals surface area contributed by atoms with Gasteiger partial charge in [0.2, 0.25) is 0 Å². The van der Waals surface area contributed by atoms with Gasteiger partial charge in [-0.2, -0.15) is 32.7 Å². The van der Waals surface area contributed by atoms with E-state index in [2.05, 4.69) is 36.4 Å². The minimum atomic E-state index is -0.293. The van der Waals surface area contributed by atoms with Gasteiger partial charge in [-0.15, -0.1) is 11.3 Å². The molecule has 7 nitrogen and oxygen atoms in total. The van der Waals surface area contributed by atoms with E-state index in [4.69, 9.17) is 36.5 Å². The van der Waals surface area contributed by atoms with Crippen molar-refractivity contribution in [2.45, 2.75) is 6.92 Å². The fourth-order valence-corrected chi connectivity index (χ4v) is 3.45. The van der Waals surface area contributed by atoms with Gasteiger partial charge in [0.25, 0.3) is 0 Å². The lowest BCUT2D eigenvalue weighted by atomic mass is 10.2. The summed E-state index contributed by atoms with van der Waals surface area (Å²) in [4.78, 5) is 27.4. The van der Waals surface area contributed by atoms with Gasteiger partial charge in [-0.1, -0.05) is 29.8 Å². The number of fused-ring (bicyclic) bond motifs is 1. The van der Waals surface area contributed by atoms with Gasteiger partial charge in [-0.3, -0.25) is 4.79 Å². The third-order valence-corrected chi connectivity index (χ3v) is 5.20. The first-order chi connectivity index (χ1) is 15.3. The summed E-state index contributed by atoms with van der Waals surface area (Å²) in [6.45, 7) is 2.06. The van der Waals surface area contributed by atoms with Crippen LogP contribution < -0.4 is 4.74 Å². The number of esters is 1. The zero-order chi connectivity index (χ0) is 24.5. The molecule has 0 saturated carbocycles. The maximum absolute atomic E-state index is 9.88. The van der Waals surface area contributed by atoms with Crippen LogP contribution in [-0.4, -0.2) is 32.1 Å². The summed E-state index contributed by atoms with van der Waals surface area (Å²) in [7, 11) is 2.85. The molecule has 0 atom stereocenters. The average molecular weight is 491 g/mol. The number of thiophene rings is 1. The molecule has 0 fully saturated rings. The van der Waals surface area contributed by atoms with Gasteiger partial charge >= 0.3 is 12.1 Å². The first-order valence-corrected chi connectivity index (χ1v) is 10.4. The second-order valence-corrected chi connectivity index (χ2v) is 7.39. The molecule has 0 N–H and O–H groups in total. The zero-order valence-electron chi connectivity index (χ0n) is 17.4. The molecule has 1 aromatic heterocycles. The fraction of sp³-hybridized carbons (Fsp3) is 0.182. The Morgan fingerprint density at radius 1 is 1.09 bits per heavy atom. The number of carbonyl (C=O) groups excluding carboxylic acids is 3. The van der Waals surface area contributed by atoms with Gasteiger partial charge in [0.15, 0.2) is 0 Å². The highest BCUT2D eigenvalue weighted by Gasteiger charge is 2.04. The normalized spacial score (nSPS) is 8.47. The summed E-state index contributed by atoms with van der Waals surface area (Å²) < 4.78 is 10.2. The van der Waals surface area contributed by atoms with E-state index in [1.165, 1.54) is 24.5 Å². The van der Waals surface area contributed by atoms with Gasteiger partial charge in [-0.05, 0) is 36.6 Å². The van der Waals surface area contributed by atoms with E-state index in [9.17, 15) is 4.79 Å². The molecule has 0 aliphatic carbocycles. The topological polar surface area (TPSA) is 117 Å². The average Bonchev–Trinajstić information content (AvgIpc) is 3.20. The lowest BCUT2D eigenvalue weighted by molar-refractivity contribution is -0.191. The van der Waals surface area contributed by atoms with Crippen molar-refractivity contribution in [3.05, 3.63) is 63.5 Å². The third kappa shape index (κ3) is 9.65. The van der Waals surface area contributed by atoms with Crippen molar-refractivity contribution in [3.8, 4) is 17.9 Å². The number of thiol groups is 1. The summed E-state index contributed by atoms with van der Waals surface area (Å²) in [5, 5.41) is 18.9. The first-order valence-electron chi connectivity index (χ1n) is 8.62. The van der Waals surface area contributed by atoms with Crippen LogP contribution in [0.5, 0.6) is 5.75 Å². The van der Waals surface area contributed by atoms with Crippen molar-refractivity contribution in [2.75, 3.05) is 20.0 Å². The maximum atomic E-state index is 9.88. The van der Waals surface area contributed by atoms with Crippen LogP contribution in [0.25, 0.3) is 10.1 Å². The Morgan fingerprint density at radius 3 is 2.12 bits per heavy atom. The van der Waals surface area contributed by atoms with Crippen molar-refractivity contribution in [2.24, 2.45) is 0 Å².